The third-order valence-electron chi connectivity index (χ3n) is 3.53. The van der Waals surface area contributed by atoms with Crippen LogP contribution in [0.2, 0.25) is 0 Å². The Morgan fingerprint density at radius 2 is 2.07 bits per heavy atom. The van der Waals surface area contributed by atoms with Crippen LogP contribution in [0.25, 0.3) is 6.08 Å². The van der Waals surface area contributed by atoms with Gasteiger partial charge in [-0.05, 0) is 34.8 Å². The van der Waals surface area contributed by atoms with Gasteiger partial charge in [-0.2, -0.15) is 8.42 Å². The number of non-ortho nitro benzene ring substituents is 1. The van der Waals surface area contributed by atoms with E-state index in [-0.39, 0.29) is 26.5 Å². The van der Waals surface area contributed by atoms with Crippen molar-refractivity contribution in [1.29, 1.82) is 0 Å². The number of hydrogen-bond acceptors (Lipinski definition) is 7. The molecule has 1 aliphatic heterocycles. The molecule has 0 bridgehead atoms. The van der Waals surface area contributed by atoms with Crippen molar-refractivity contribution in [2.24, 2.45) is 4.40 Å². The summed E-state index contributed by atoms with van der Waals surface area (Å²) in [6.07, 6.45) is 2.93. The molecule has 1 aromatic heterocycles. The normalized spacial score (nSPS) is 17.4. The molecular weight excluding hydrogens is 422 g/mol. The van der Waals surface area contributed by atoms with Crippen LogP contribution in [-0.4, -0.2) is 35.9 Å². The monoisotopic (exact) mass is 435 g/mol. The average molecular weight is 436 g/mol. The van der Waals surface area contributed by atoms with Crippen LogP contribution in [0.15, 0.2) is 67.9 Å². The fraction of sp³-hybridized carbons (Fsp3) is 0.0588. The van der Waals surface area contributed by atoms with Crippen LogP contribution < -0.4 is 0 Å². The highest BCUT2D eigenvalue weighted by Crippen LogP contribution is 2.34. The minimum absolute atomic E-state index is 0.00924. The van der Waals surface area contributed by atoms with Gasteiger partial charge in [0, 0.05) is 18.7 Å². The van der Waals surface area contributed by atoms with Crippen molar-refractivity contribution in [1.82, 2.24) is 4.90 Å². The number of sulfonamides is 1. The molecule has 0 aliphatic carbocycles. The maximum atomic E-state index is 12.7. The molecule has 28 heavy (non-hydrogen) atoms. The first-order chi connectivity index (χ1) is 13.3. The van der Waals surface area contributed by atoms with E-state index in [0.29, 0.717) is 5.56 Å². The third kappa shape index (κ3) is 4.21. The minimum Gasteiger partial charge on any atom is -0.282 e. The zero-order valence-electron chi connectivity index (χ0n) is 14.2. The number of hydrogen-bond donors (Lipinski definition) is 0. The Balaban J connectivity index is 1.99. The summed E-state index contributed by atoms with van der Waals surface area (Å²) in [4.78, 5) is 24.5. The van der Waals surface area contributed by atoms with Gasteiger partial charge in [-0.3, -0.25) is 19.8 Å². The van der Waals surface area contributed by atoms with Gasteiger partial charge >= 0.3 is 0 Å². The van der Waals surface area contributed by atoms with Crippen LogP contribution in [0.3, 0.4) is 0 Å². The van der Waals surface area contributed by atoms with Crippen molar-refractivity contribution in [2.45, 2.75) is 4.21 Å². The Hall–Kier alpha value is -2.76. The third-order valence-corrected chi connectivity index (χ3v) is 7.29. The lowest BCUT2D eigenvalue weighted by atomic mass is 10.2. The topological polar surface area (TPSA) is 110 Å². The second-order valence-corrected chi connectivity index (χ2v) is 9.24. The maximum absolute atomic E-state index is 12.7. The predicted molar refractivity (Wildman–Crippen MR) is 110 cm³/mol. The van der Waals surface area contributed by atoms with E-state index in [4.69, 9.17) is 0 Å². The molecule has 1 fully saturated rings. The zero-order valence-corrected chi connectivity index (χ0v) is 16.7. The molecule has 0 atom stereocenters. The second kappa shape index (κ2) is 8.09. The molecule has 0 spiro atoms. The molecule has 144 valence electrons. The molecule has 1 aliphatic rings. The van der Waals surface area contributed by atoms with E-state index in [1.54, 1.807) is 17.5 Å². The van der Waals surface area contributed by atoms with Crippen molar-refractivity contribution in [2.75, 3.05) is 6.54 Å². The van der Waals surface area contributed by atoms with Crippen molar-refractivity contribution in [3.8, 4) is 0 Å². The average Bonchev–Trinajstić information content (AvgIpc) is 3.28. The lowest BCUT2D eigenvalue weighted by Gasteiger charge is -2.12. The number of carbonyl (C=O) groups is 1. The van der Waals surface area contributed by atoms with Gasteiger partial charge in [0.2, 0.25) is 0 Å². The van der Waals surface area contributed by atoms with Crippen molar-refractivity contribution in [3.05, 3.63) is 75.0 Å². The summed E-state index contributed by atoms with van der Waals surface area (Å²) in [7, 11) is -3.95. The van der Waals surface area contributed by atoms with Crippen LogP contribution in [0.4, 0.5) is 5.69 Å². The molecule has 0 unspecified atom stereocenters. The highest BCUT2D eigenvalue weighted by Gasteiger charge is 2.34. The van der Waals surface area contributed by atoms with Gasteiger partial charge in [-0.25, -0.2) is 0 Å². The molecule has 1 saturated heterocycles. The van der Waals surface area contributed by atoms with E-state index in [2.05, 4.69) is 11.0 Å². The van der Waals surface area contributed by atoms with Crippen molar-refractivity contribution in [3.63, 3.8) is 0 Å². The number of benzene rings is 1. The number of carbonyl (C=O) groups excluding carboxylic acids is 1. The lowest BCUT2D eigenvalue weighted by Crippen LogP contribution is -2.29. The quantitative estimate of drug-likeness (QED) is 0.297. The fourth-order valence-electron chi connectivity index (χ4n) is 2.30. The number of nitro groups is 1. The molecule has 2 aromatic rings. The summed E-state index contributed by atoms with van der Waals surface area (Å²) in [5.41, 5.74) is 0.341. The summed E-state index contributed by atoms with van der Waals surface area (Å²) in [6.45, 7) is 3.66. The molecule has 3 rings (SSSR count). The number of amidine groups is 1. The molecule has 2 heterocycles. The van der Waals surface area contributed by atoms with E-state index in [1.807, 2.05) is 0 Å². The fourth-order valence-corrected chi connectivity index (χ4v) is 5.46. The molecule has 11 heteroatoms. The molecule has 1 aromatic carbocycles. The van der Waals surface area contributed by atoms with E-state index in [1.165, 1.54) is 41.3 Å². The number of nitro benzene ring substituents is 1. The summed E-state index contributed by atoms with van der Waals surface area (Å²) in [6, 6.07) is 8.82. The number of thiophene rings is 1. The Bertz CT molecular complexity index is 1100. The number of thioether (sulfide) groups is 1. The van der Waals surface area contributed by atoms with Gasteiger partial charge in [0.1, 0.15) is 4.21 Å². The number of nitrogens with zero attached hydrogens (tertiary/aromatic N) is 3. The summed E-state index contributed by atoms with van der Waals surface area (Å²) in [5, 5.41) is 12.6. The Morgan fingerprint density at radius 1 is 1.29 bits per heavy atom. The lowest BCUT2D eigenvalue weighted by molar-refractivity contribution is -0.384. The van der Waals surface area contributed by atoms with Gasteiger partial charge in [-0.1, -0.05) is 24.3 Å². The maximum Gasteiger partial charge on any atom is 0.294 e. The zero-order chi connectivity index (χ0) is 20.3. The Kier molecular flexibility index (Phi) is 5.77. The first kappa shape index (κ1) is 20.0. The molecular formula is C17H13N3O5S3. The van der Waals surface area contributed by atoms with E-state index in [9.17, 15) is 23.3 Å². The van der Waals surface area contributed by atoms with E-state index in [0.717, 1.165) is 23.1 Å². The van der Waals surface area contributed by atoms with Gasteiger partial charge in [0.05, 0.1) is 9.83 Å². The Labute approximate surface area is 169 Å². The van der Waals surface area contributed by atoms with Gasteiger partial charge in [-0.15, -0.1) is 22.3 Å². The summed E-state index contributed by atoms with van der Waals surface area (Å²) in [5.74, 6) is -0.448. The molecule has 0 N–H and O–H groups in total. The Morgan fingerprint density at radius 3 is 2.71 bits per heavy atom. The van der Waals surface area contributed by atoms with Gasteiger partial charge in [0.15, 0.2) is 5.17 Å². The molecule has 0 radical (unpaired) electrons. The largest absolute Gasteiger partial charge is 0.294 e. The molecule has 0 saturated carbocycles. The van der Waals surface area contributed by atoms with Crippen LogP contribution in [0.5, 0.6) is 0 Å². The van der Waals surface area contributed by atoms with Crippen LogP contribution in [0.1, 0.15) is 5.56 Å². The first-order valence-electron chi connectivity index (χ1n) is 7.77. The molecule has 8 nitrogen and oxygen atoms in total. The smallest absolute Gasteiger partial charge is 0.282 e. The minimum atomic E-state index is -3.95. The highest BCUT2D eigenvalue weighted by atomic mass is 32.2. The van der Waals surface area contributed by atoms with Crippen LogP contribution in [0, 0.1) is 10.1 Å². The van der Waals surface area contributed by atoms with Gasteiger partial charge < -0.3 is 0 Å². The molecule has 1 amide bonds. The summed E-state index contributed by atoms with van der Waals surface area (Å²) >= 11 is 1.93. The van der Waals surface area contributed by atoms with Crippen LogP contribution >= 0.6 is 23.1 Å². The standard InChI is InChI=1S/C17H13N3O5S3/c1-2-8-19-16(21)14(11-12-5-3-6-13(10-12)20(22)23)27-17(19)18-28(24,25)15-7-4-9-26-15/h2-7,9-11H,1,8H2/b14-11-,18-17?. The SMILES string of the molecule is C=CCN1C(=O)/C(=C/c2cccc([N+](=O)[O-])c2)SC1=NS(=O)(=O)c1cccs1. The number of rotatable bonds is 6. The van der Waals surface area contributed by atoms with Crippen molar-refractivity contribution >= 4 is 56.0 Å². The second-order valence-electron chi connectivity index (χ2n) is 5.45. The first-order valence-corrected chi connectivity index (χ1v) is 10.9. The number of amides is 1. The van der Waals surface area contributed by atoms with E-state index < -0.39 is 20.9 Å². The van der Waals surface area contributed by atoms with Crippen LogP contribution in [-0.2, 0) is 14.8 Å². The van der Waals surface area contributed by atoms with E-state index >= 15 is 0 Å². The summed E-state index contributed by atoms with van der Waals surface area (Å²) < 4.78 is 28.8. The predicted octanol–water partition coefficient (Wildman–Crippen LogP) is 3.50. The van der Waals surface area contributed by atoms with Crippen molar-refractivity contribution < 1.29 is 18.1 Å². The van der Waals surface area contributed by atoms with Gasteiger partial charge in [0.25, 0.3) is 21.6 Å². The highest BCUT2D eigenvalue weighted by molar-refractivity contribution is 8.19.